The van der Waals surface area contributed by atoms with Crippen molar-refractivity contribution < 1.29 is 4.74 Å². The van der Waals surface area contributed by atoms with Gasteiger partial charge in [-0.1, -0.05) is 29.3 Å². The van der Waals surface area contributed by atoms with E-state index >= 15 is 0 Å². The average molecular weight is 259 g/mol. The van der Waals surface area contributed by atoms with Crippen molar-refractivity contribution in [1.82, 2.24) is 5.32 Å². The van der Waals surface area contributed by atoms with E-state index in [1.165, 1.54) is 42.6 Å². The maximum absolute atomic E-state index is 6.02. The van der Waals surface area contributed by atoms with Gasteiger partial charge in [0.1, 0.15) is 0 Å². The Hall–Kier alpha value is -0.860. The van der Waals surface area contributed by atoms with Crippen LogP contribution in [0.1, 0.15) is 42.4 Å². The molecule has 1 N–H and O–H groups in total. The van der Waals surface area contributed by atoms with Gasteiger partial charge in [-0.15, -0.1) is 0 Å². The van der Waals surface area contributed by atoms with Crippen molar-refractivity contribution >= 4 is 0 Å². The second kappa shape index (κ2) is 4.60. The third-order valence-corrected chi connectivity index (χ3v) is 5.26. The zero-order valence-electron chi connectivity index (χ0n) is 12.4. The molecule has 2 nitrogen and oxygen atoms in total. The molecule has 1 aromatic carbocycles. The van der Waals surface area contributed by atoms with Gasteiger partial charge in [0.25, 0.3) is 0 Å². The number of nitrogens with one attached hydrogen (secondary N) is 1. The number of ether oxygens (including phenoxy) is 1. The lowest BCUT2D eigenvalue weighted by molar-refractivity contribution is -0.0828. The molecule has 0 amide bonds. The molecule has 1 spiro atoms. The van der Waals surface area contributed by atoms with Crippen LogP contribution in [0.4, 0.5) is 0 Å². The highest BCUT2D eigenvalue weighted by Crippen LogP contribution is 2.49. The monoisotopic (exact) mass is 259 g/mol. The van der Waals surface area contributed by atoms with E-state index in [0.29, 0.717) is 5.41 Å². The number of benzene rings is 1. The summed E-state index contributed by atoms with van der Waals surface area (Å²) in [5.74, 6) is 0. The molecule has 0 bridgehead atoms. The standard InChI is InChI=1S/C17H25NO/c1-13-8-14(2)10-15(9-13)17(19-3)6-4-16(5-7-17)11-18-12-16/h8-10,18H,4-7,11-12H2,1-3H3. The molecule has 1 saturated carbocycles. The van der Waals surface area contributed by atoms with Gasteiger partial charge in [0, 0.05) is 20.2 Å². The highest BCUT2D eigenvalue weighted by molar-refractivity contribution is 5.33. The van der Waals surface area contributed by atoms with Crippen LogP contribution in [0.3, 0.4) is 0 Å². The van der Waals surface area contributed by atoms with Gasteiger partial charge in [0.2, 0.25) is 0 Å². The molecule has 3 rings (SSSR count). The molecule has 1 aliphatic carbocycles. The van der Waals surface area contributed by atoms with Crippen molar-refractivity contribution in [2.45, 2.75) is 45.1 Å². The van der Waals surface area contributed by atoms with Crippen molar-refractivity contribution in [2.75, 3.05) is 20.2 Å². The Morgan fingerprint density at radius 2 is 1.53 bits per heavy atom. The Morgan fingerprint density at radius 3 is 1.95 bits per heavy atom. The fraction of sp³-hybridized carbons (Fsp3) is 0.647. The number of hydrogen-bond donors (Lipinski definition) is 1. The first-order valence-electron chi connectivity index (χ1n) is 7.42. The molecule has 19 heavy (non-hydrogen) atoms. The molecule has 2 fully saturated rings. The third-order valence-electron chi connectivity index (χ3n) is 5.26. The highest BCUT2D eigenvalue weighted by atomic mass is 16.5. The van der Waals surface area contributed by atoms with E-state index in [-0.39, 0.29) is 5.60 Å². The lowest BCUT2D eigenvalue weighted by atomic mass is 9.64. The van der Waals surface area contributed by atoms with Crippen LogP contribution < -0.4 is 5.32 Å². The summed E-state index contributed by atoms with van der Waals surface area (Å²) >= 11 is 0. The Bertz CT molecular complexity index is 446. The summed E-state index contributed by atoms with van der Waals surface area (Å²) in [6.45, 7) is 6.78. The summed E-state index contributed by atoms with van der Waals surface area (Å²) in [6, 6.07) is 6.87. The van der Waals surface area contributed by atoms with Crippen LogP contribution in [0.15, 0.2) is 18.2 Å². The summed E-state index contributed by atoms with van der Waals surface area (Å²) < 4.78 is 6.02. The van der Waals surface area contributed by atoms with Crippen molar-refractivity contribution in [2.24, 2.45) is 5.41 Å². The smallest absolute Gasteiger partial charge is 0.0928 e. The van der Waals surface area contributed by atoms with Gasteiger partial charge in [0.15, 0.2) is 0 Å². The SMILES string of the molecule is COC1(c2cc(C)cc(C)c2)CCC2(CC1)CNC2. The van der Waals surface area contributed by atoms with Gasteiger partial charge >= 0.3 is 0 Å². The van der Waals surface area contributed by atoms with E-state index in [1.807, 2.05) is 7.11 Å². The Kier molecular flexibility index (Phi) is 3.18. The fourth-order valence-corrected chi connectivity index (χ4v) is 3.86. The first-order valence-corrected chi connectivity index (χ1v) is 7.42. The first kappa shape index (κ1) is 13.1. The van der Waals surface area contributed by atoms with Crippen LogP contribution in [0.25, 0.3) is 0 Å². The largest absolute Gasteiger partial charge is 0.374 e. The molecular weight excluding hydrogens is 234 g/mol. The Balaban J connectivity index is 1.87. The van der Waals surface area contributed by atoms with E-state index in [1.54, 1.807) is 0 Å². The van der Waals surface area contributed by atoms with Crippen molar-refractivity contribution in [3.8, 4) is 0 Å². The van der Waals surface area contributed by atoms with Gasteiger partial charge in [-0.3, -0.25) is 0 Å². The second-order valence-electron chi connectivity index (χ2n) is 6.68. The topological polar surface area (TPSA) is 21.3 Å². The number of methoxy groups -OCH3 is 1. The summed E-state index contributed by atoms with van der Waals surface area (Å²) in [7, 11) is 1.88. The van der Waals surface area contributed by atoms with Gasteiger partial charge in [-0.05, 0) is 50.5 Å². The van der Waals surface area contributed by atoms with E-state index in [4.69, 9.17) is 4.74 Å². The molecule has 1 heterocycles. The highest BCUT2D eigenvalue weighted by Gasteiger charge is 2.46. The molecule has 2 aliphatic rings. The molecule has 0 radical (unpaired) electrons. The number of rotatable bonds is 2. The van der Waals surface area contributed by atoms with Gasteiger partial charge in [0.05, 0.1) is 5.60 Å². The van der Waals surface area contributed by atoms with E-state index in [0.717, 1.165) is 12.8 Å². The minimum atomic E-state index is -0.0440. The first-order chi connectivity index (χ1) is 9.07. The summed E-state index contributed by atoms with van der Waals surface area (Å²) in [4.78, 5) is 0. The molecule has 104 valence electrons. The summed E-state index contributed by atoms with van der Waals surface area (Å²) in [5, 5.41) is 3.43. The fourth-order valence-electron chi connectivity index (χ4n) is 3.86. The number of aryl methyl sites for hydroxylation is 2. The molecule has 0 unspecified atom stereocenters. The average Bonchev–Trinajstić information content (AvgIpc) is 2.36. The molecule has 1 aliphatic heterocycles. The maximum atomic E-state index is 6.02. The van der Waals surface area contributed by atoms with Gasteiger partial charge in [-0.2, -0.15) is 0 Å². The molecular formula is C17H25NO. The second-order valence-corrected chi connectivity index (χ2v) is 6.68. The lowest BCUT2D eigenvalue weighted by Crippen LogP contribution is -2.56. The van der Waals surface area contributed by atoms with E-state index in [2.05, 4.69) is 37.4 Å². The van der Waals surface area contributed by atoms with Crippen LogP contribution >= 0.6 is 0 Å². The molecule has 0 aromatic heterocycles. The minimum Gasteiger partial charge on any atom is -0.374 e. The molecule has 1 saturated heterocycles. The normalized spacial score (nSPS) is 24.2. The molecule has 1 aromatic rings. The number of hydrogen-bond acceptors (Lipinski definition) is 2. The predicted octanol–water partition coefficient (Wildman–Crippen LogP) is 3.31. The van der Waals surface area contributed by atoms with Crippen LogP contribution in [-0.2, 0) is 10.3 Å². The van der Waals surface area contributed by atoms with Crippen LogP contribution in [-0.4, -0.2) is 20.2 Å². The lowest BCUT2D eigenvalue weighted by Gasteiger charge is -2.51. The van der Waals surface area contributed by atoms with E-state index in [9.17, 15) is 0 Å². The summed E-state index contributed by atoms with van der Waals surface area (Å²) in [5.41, 5.74) is 4.61. The van der Waals surface area contributed by atoms with Gasteiger partial charge < -0.3 is 10.1 Å². The Morgan fingerprint density at radius 1 is 0.947 bits per heavy atom. The van der Waals surface area contributed by atoms with Crippen LogP contribution in [0, 0.1) is 19.3 Å². The van der Waals surface area contributed by atoms with Gasteiger partial charge in [-0.25, -0.2) is 0 Å². The van der Waals surface area contributed by atoms with Crippen molar-refractivity contribution in [1.29, 1.82) is 0 Å². The minimum absolute atomic E-state index is 0.0440. The summed E-state index contributed by atoms with van der Waals surface area (Å²) in [6.07, 6.45) is 4.91. The van der Waals surface area contributed by atoms with Crippen LogP contribution in [0.5, 0.6) is 0 Å². The maximum Gasteiger partial charge on any atom is 0.0928 e. The zero-order valence-corrected chi connectivity index (χ0v) is 12.4. The van der Waals surface area contributed by atoms with Crippen LogP contribution in [0.2, 0.25) is 0 Å². The Labute approximate surface area is 116 Å². The third kappa shape index (κ3) is 2.21. The van der Waals surface area contributed by atoms with Crippen molar-refractivity contribution in [3.63, 3.8) is 0 Å². The predicted molar refractivity (Wildman–Crippen MR) is 78.4 cm³/mol. The van der Waals surface area contributed by atoms with E-state index < -0.39 is 0 Å². The molecule has 2 heteroatoms. The van der Waals surface area contributed by atoms with Crippen molar-refractivity contribution in [3.05, 3.63) is 34.9 Å². The zero-order chi connectivity index (χ0) is 13.5. The molecule has 0 atom stereocenters. The quantitative estimate of drug-likeness (QED) is 0.880.